The zero-order chi connectivity index (χ0) is 20.6. The summed E-state index contributed by atoms with van der Waals surface area (Å²) in [6, 6.07) is 12.7. The molecule has 0 amide bonds. The second-order valence-electron chi connectivity index (χ2n) is 7.31. The van der Waals surface area contributed by atoms with Crippen molar-refractivity contribution in [1.29, 1.82) is 0 Å². The Morgan fingerprint density at radius 2 is 1.66 bits per heavy atom. The quantitative estimate of drug-likeness (QED) is 0.610. The molecule has 1 heterocycles. The summed E-state index contributed by atoms with van der Waals surface area (Å²) >= 11 is 0. The van der Waals surface area contributed by atoms with Crippen LogP contribution in [0.2, 0.25) is 0 Å². The molecule has 2 aromatic rings. The van der Waals surface area contributed by atoms with Crippen molar-refractivity contribution in [3.8, 4) is 0 Å². The Morgan fingerprint density at radius 1 is 1.07 bits per heavy atom. The minimum absolute atomic E-state index is 0.0543. The van der Waals surface area contributed by atoms with Gasteiger partial charge in [0.1, 0.15) is 11.6 Å². The molecule has 29 heavy (non-hydrogen) atoms. The van der Waals surface area contributed by atoms with Crippen LogP contribution in [0.1, 0.15) is 37.3 Å². The van der Waals surface area contributed by atoms with Crippen LogP contribution in [0.4, 0.5) is 8.78 Å². The van der Waals surface area contributed by atoms with Gasteiger partial charge in [-0.1, -0.05) is 30.3 Å². The SMILES string of the molecule is CCOC(=O)C1CCCN(CCC=C(c2ccc(F)cc2)c2ccc(F)cc2)C1. The van der Waals surface area contributed by atoms with Gasteiger partial charge in [-0.2, -0.15) is 0 Å². The van der Waals surface area contributed by atoms with E-state index in [-0.39, 0.29) is 23.5 Å². The smallest absolute Gasteiger partial charge is 0.310 e. The Labute approximate surface area is 171 Å². The van der Waals surface area contributed by atoms with E-state index in [9.17, 15) is 13.6 Å². The fraction of sp³-hybridized carbons (Fsp3) is 0.375. The van der Waals surface area contributed by atoms with E-state index >= 15 is 0 Å². The summed E-state index contributed by atoms with van der Waals surface area (Å²) in [4.78, 5) is 14.3. The normalized spacial score (nSPS) is 17.0. The minimum Gasteiger partial charge on any atom is -0.466 e. The molecule has 1 fully saturated rings. The van der Waals surface area contributed by atoms with E-state index in [0.29, 0.717) is 6.61 Å². The third-order valence-corrected chi connectivity index (χ3v) is 5.23. The van der Waals surface area contributed by atoms with Crippen molar-refractivity contribution in [1.82, 2.24) is 4.90 Å². The number of hydrogen-bond acceptors (Lipinski definition) is 3. The lowest BCUT2D eigenvalue weighted by molar-refractivity contribution is -0.149. The number of carbonyl (C=O) groups excluding carboxylic acids is 1. The average Bonchev–Trinajstić information content (AvgIpc) is 2.73. The van der Waals surface area contributed by atoms with Crippen molar-refractivity contribution in [2.24, 2.45) is 5.92 Å². The van der Waals surface area contributed by atoms with Gasteiger partial charge in [0.15, 0.2) is 0 Å². The van der Waals surface area contributed by atoms with E-state index in [1.54, 1.807) is 24.3 Å². The van der Waals surface area contributed by atoms with Gasteiger partial charge < -0.3 is 9.64 Å². The van der Waals surface area contributed by atoms with Crippen LogP contribution < -0.4 is 0 Å². The molecule has 1 saturated heterocycles. The maximum atomic E-state index is 13.3. The van der Waals surface area contributed by atoms with Crippen molar-refractivity contribution in [2.45, 2.75) is 26.2 Å². The molecule has 1 unspecified atom stereocenters. The van der Waals surface area contributed by atoms with Crippen LogP contribution in [0.3, 0.4) is 0 Å². The molecule has 0 saturated carbocycles. The van der Waals surface area contributed by atoms with Gasteiger partial charge in [0.2, 0.25) is 0 Å². The molecule has 154 valence electrons. The van der Waals surface area contributed by atoms with E-state index in [1.807, 2.05) is 6.92 Å². The third kappa shape index (κ3) is 5.97. The molecule has 2 aromatic carbocycles. The number of nitrogens with zero attached hydrogens (tertiary/aromatic N) is 1. The summed E-state index contributed by atoms with van der Waals surface area (Å²) < 4.78 is 31.9. The number of piperidine rings is 1. The van der Waals surface area contributed by atoms with Crippen LogP contribution in [0.5, 0.6) is 0 Å². The number of hydrogen-bond donors (Lipinski definition) is 0. The first-order valence-corrected chi connectivity index (χ1v) is 10.2. The van der Waals surface area contributed by atoms with Gasteiger partial charge >= 0.3 is 5.97 Å². The average molecular weight is 399 g/mol. The topological polar surface area (TPSA) is 29.5 Å². The maximum Gasteiger partial charge on any atom is 0.310 e. The monoisotopic (exact) mass is 399 g/mol. The van der Waals surface area contributed by atoms with Gasteiger partial charge in [-0.25, -0.2) is 8.78 Å². The first-order valence-electron chi connectivity index (χ1n) is 10.2. The lowest BCUT2D eigenvalue weighted by Crippen LogP contribution is -2.39. The molecule has 1 aliphatic heterocycles. The highest BCUT2D eigenvalue weighted by Gasteiger charge is 2.26. The molecule has 3 nitrogen and oxygen atoms in total. The molecule has 0 spiro atoms. The summed E-state index contributed by atoms with van der Waals surface area (Å²) in [5, 5.41) is 0. The first kappa shape index (κ1) is 21.2. The largest absolute Gasteiger partial charge is 0.466 e. The predicted molar refractivity (Wildman–Crippen MR) is 110 cm³/mol. The molecular weight excluding hydrogens is 372 g/mol. The van der Waals surface area contributed by atoms with Gasteiger partial charge in [0.25, 0.3) is 0 Å². The second kappa shape index (κ2) is 10.3. The van der Waals surface area contributed by atoms with Crippen LogP contribution in [0.25, 0.3) is 5.57 Å². The highest BCUT2D eigenvalue weighted by molar-refractivity contribution is 5.79. The van der Waals surface area contributed by atoms with Gasteiger partial charge in [0.05, 0.1) is 12.5 Å². The fourth-order valence-electron chi connectivity index (χ4n) is 3.76. The standard InChI is InChI=1S/C24H27F2NO2/c1-2-29-24(28)20-5-3-15-27(17-20)16-4-6-23(18-7-11-21(25)12-8-18)19-9-13-22(26)14-10-19/h6-14,20H,2-5,15-17H2,1H3. The van der Waals surface area contributed by atoms with E-state index in [2.05, 4.69) is 11.0 Å². The number of ether oxygens (including phenoxy) is 1. The van der Waals surface area contributed by atoms with Crippen LogP contribution in [-0.4, -0.2) is 37.1 Å². The molecule has 0 aliphatic carbocycles. The minimum atomic E-state index is -0.287. The van der Waals surface area contributed by atoms with Gasteiger partial charge in [-0.15, -0.1) is 0 Å². The lowest BCUT2D eigenvalue weighted by atomic mass is 9.96. The fourth-order valence-corrected chi connectivity index (χ4v) is 3.76. The highest BCUT2D eigenvalue weighted by Crippen LogP contribution is 2.25. The molecular formula is C24H27F2NO2. The first-order chi connectivity index (χ1) is 14.1. The van der Waals surface area contributed by atoms with Crippen molar-refractivity contribution in [2.75, 3.05) is 26.2 Å². The van der Waals surface area contributed by atoms with Gasteiger partial charge in [-0.3, -0.25) is 4.79 Å². The van der Waals surface area contributed by atoms with Crippen molar-refractivity contribution in [3.05, 3.63) is 77.4 Å². The van der Waals surface area contributed by atoms with E-state index in [4.69, 9.17) is 4.74 Å². The number of esters is 1. The van der Waals surface area contributed by atoms with Crippen molar-refractivity contribution in [3.63, 3.8) is 0 Å². The number of rotatable bonds is 7. The molecule has 1 atom stereocenters. The second-order valence-corrected chi connectivity index (χ2v) is 7.31. The summed E-state index contributed by atoms with van der Waals surface area (Å²) in [6.07, 6.45) is 4.74. The zero-order valence-electron chi connectivity index (χ0n) is 16.7. The van der Waals surface area contributed by atoms with E-state index < -0.39 is 0 Å². The Morgan fingerprint density at radius 3 is 2.21 bits per heavy atom. The summed E-state index contributed by atoms with van der Waals surface area (Å²) in [5.74, 6) is -0.733. The van der Waals surface area contributed by atoms with Crippen LogP contribution >= 0.6 is 0 Å². The van der Waals surface area contributed by atoms with Crippen molar-refractivity contribution >= 4 is 11.5 Å². The Balaban J connectivity index is 1.70. The third-order valence-electron chi connectivity index (χ3n) is 5.23. The number of benzene rings is 2. The summed E-state index contributed by atoms with van der Waals surface area (Å²) in [7, 11) is 0. The van der Waals surface area contributed by atoms with Crippen LogP contribution in [0, 0.1) is 17.6 Å². The van der Waals surface area contributed by atoms with Crippen LogP contribution in [0.15, 0.2) is 54.6 Å². The van der Waals surface area contributed by atoms with E-state index in [0.717, 1.165) is 55.6 Å². The lowest BCUT2D eigenvalue weighted by Gasteiger charge is -2.31. The van der Waals surface area contributed by atoms with Crippen molar-refractivity contribution < 1.29 is 18.3 Å². The zero-order valence-corrected chi connectivity index (χ0v) is 16.7. The highest BCUT2D eigenvalue weighted by atomic mass is 19.1. The number of carbonyl (C=O) groups is 1. The molecule has 5 heteroatoms. The predicted octanol–water partition coefficient (Wildman–Crippen LogP) is 5.06. The number of likely N-dealkylation sites (tertiary alicyclic amines) is 1. The maximum absolute atomic E-state index is 13.3. The van der Waals surface area contributed by atoms with Gasteiger partial charge in [-0.05, 0) is 73.7 Å². The molecule has 0 bridgehead atoms. The molecule has 1 aliphatic rings. The number of halogens is 2. The molecule has 3 rings (SSSR count). The Bertz CT molecular complexity index is 783. The van der Waals surface area contributed by atoms with Crippen LogP contribution in [-0.2, 0) is 9.53 Å². The van der Waals surface area contributed by atoms with Gasteiger partial charge in [0, 0.05) is 13.1 Å². The Hall–Kier alpha value is -2.53. The molecule has 0 N–H and O–H groups in total. The van der Waals surface area contributed by atoms with E-state index in [1.165, 1.54) is 24.3 Å². The summed E-state index contributed by atoms with van der Waals surface area (Å²) in [5.41, 5.74) is 2.73. The Kier molecular flexibility index (Phi) is 7.53. The summed E-state index contributed by atoms with van der Waals surface area (Å²) in [6.45, 7) is 4.75. The molecule has 0 aromatic heterocycles. The molecule has 0 radical (unpaired) electrons.